The Morgan fingerprint density at radius 3 is 2.50 bits per heavy atom. The minimum Gasteiger partial charge on any atom is -0.444 e. The summed E-state index contributed by atoms with van der Waals surface area (Å²) in [6.45, 7) is 5.75. The summed E-state index contributed by atoms with van der Waals surface area (Å²) in [7, 11) is 0. The first-order valence-corrected chi connectivity index (χ1v) is 5.76. The zero-order valence-corrected chi connectivity index (χ0v) is 11.0. The van der Waals surface area contributed by atoms with E-state index in [1.807, 2.05) is 0 Å². The van der Waals surface area contributed by atoms with E-state index in [-0.39, 0.29) is 18.2 Å². The largest absolute Gasteiger partial charge is 0.444 e. The molecule has 18 heavy (non-hydrogen) atoms. The Kier molecular flexibility index (Phi) is 4.28. The smallest absolute Gasteiger partial charge is 0.410 e. The summed E-state index contributed by atoms with van der Waals surface area (Å²) in [5, 5.41) is 24.1. The summed E-state index contributed by atoms with van der Waals surface area (Å²) in [4.78, 5) is 14.6. The van der Waals surface area contributed by atoms with Gasteiger partial charge in [0.25, 0.3) is 0 Å². The number of nitrogens with one attached hydrogen (secondary N) is 2. The minimum atomic E-state index is -0.561. The molecule has 1 aliphatic rings. The predicted octanol–water partition coefficient (Wildman–Crippen LogP) is 0.486. The van der Waals surface area contributed by atoms with Crippen molar-refractivity contribution >= 4 is 17.8 Å². The lowest BCUT2D eigenvalue weighted by molar-refractivity contribution is 0.0253. The molecule has 1 amide bonds. The first-order chi connectivity index (χ1) is 8.24. The van der Waals surface area contributed by atoms with Crippen molar-refractivity contribution in [2.75, 3.05) is 26.2 Å². The topological polar surface area (TPSA) is 101 Å². The molecule has 7 heteroatoms. The third-order valence-corrected chi connectivity index (χ3v) is 2.39. The average molecular weight is 256 g/mol. The van der Waals surface area contributed by atoms with Gasteiger partial charge in [-0.15, -0.1) is 0 Å². The molecule has 0 atom stereocenters. The van der Waals surface area contributed by atoms with E-state index in [9.17, 15) is 4.79 Å². The maximum absolute atomic E-state index is 11.8. The monoisotopic (exact) mass is 256 g/mol. The molecule has 7 nitrogen and oxygen atoms in total. The maximum Gasteiger partial charge on any atom is 0.410 e. The maximum atomic E-state index is 11.8. The number of nitrogens with zero attached hydrogens (tertiary/aromatic N) is 2. The fourth-order valence-corrected chi connectivity index (χ4v) is 1.57. The number of piperazine rings is 1. The van der Waals surface area contributed by atoms with E-state index in [0.29, 0.717) is 13.1 Å². The lowest BCUT2D eigenvalue weighted by Crippen LogP contribution is -2.55. The van der Waals surface area contributed by atoms with Crippen LogP contribution in [0.1, 0.15) is 20.8 Å². The van der Waals surface area contributed by atoms with Crippen molar-refractivity contribution in [3.8, 4) is 0 Å². The molecule has 1 heterocycles. The van der Waals surface area contributed by atoms with E-state index in [4.69, 9.17) is 20.7 Å². The number of aliphatic hydroxyl groups is 1. The lowest BCUT2D eigenvalue weighted by atomic mass is 10.2. The highest BCUT2D eigenvalue weighted by molar-refractivity contribution is 6.00. The molecule has 3 N–H and O–H groups in total. The number of hydrogen-bond acceptors (Lipinski definition) is 5. The number of hydrogen-bond donors (Lipinski definition) is 3. The number of carbonyl (C=O) groups excluding carboxylic acids is 1. The van der Waals surface area contributed by atoms with E-state index in [1.165, 1.54) is 9.80 Å². The van der Waals surface area contributed by atoms with Gasteiger partial charge in [-0.3, -0.25) is 15.7 Å². The van der Waals surface area contributed by atoms with Crippen molar-refractivity contribution in [1.29, 1.82) is 10.8 Å². The summed E-state index contributed by atoms with van der Waals surface area (Å²) in [5.74, 6) is 0.0926. The zero-order valence-electron chi connectivity index (χ0n) is 11.0. The van der Waals surface area contributed by atoms with Crippen molar-refractivity contribution in [1.82, 2.24) is 9.80 Å². The molecule has 1 aliphatic heterocycles. The van der Waals surface area contributed by atoms with E-state index in [1.54, 1.807) is 20.8 Å². The van der Waals surface area contributed by atoms with Gasteiger partial charge >= 0.3 is 6.09 Å². The van der Waals surface area contributed by atoms with Crippen molar-refractivity contribution < 1.29 is 14.6 Å². The summed E-state index contributed by atoms with van der Waals surface area (Å²) in [6, 6.07) is 0. The van der Waals surface area contributed by atoms with Crippen molar-refractivity contribution in [2.24, 2.45) is 0 Å². The van der Waals surface area contributed by atoms with E-state index >= 15 is 0 Å². The minimum absolute atomic E-state index is 0.0242. The van der Waals surface area contributed by atoms with Gasteiger partial charge < -0.3 is 14.7 Å². The second-order valence-corrected chi connectivity index (χ2v) is 5.11. The number of ether oxygens (including phenoxy) is 1. The van der Waals surface area contributed by atoms with Gasteiger partial charge in [0, 0.05) is 13.1 Å². The summed E-state index contributed by atoms with van der Waals surface area (Å²) < 4.78 is 5.22. The Hall–Kier alpha value is -1.63. The van der Waals surface area contributed by atoms with Gasteiger partial charge in [-0.05, 0) is 20.8 Å². The van der Waals surface area contributed by atoms with Crippen LogP contribution in [0.5, 0.6) is 0 Å². The third-order valence-electron chi connectivity index (χ3n) is 2.39. The summed E-state index contributed by atoms with van der Waals surface area (Å²) >= 11 is 0. The number of amidine groups is 2. The molecule has 1 rings (SSSR count). The van der Waals surface area contributed by atoms with Crippen molar-refractivity contribution in [2.45, 2.75) is 26.4 Å². The highest BCUT2D eigenvalue weighted by Gasteiger charge is 2.29. The van der Waals surface area contributed by atoms with Crippen LogP contribution >= 0.6 is 0 Å². The molecule has 0 aromatic carbocycles. The number of rotatable bonds is 1. The molecule has 0 aliphatic carbocycles. The van der Waals surface area contributed by atoms with Crippen LogP contribution in [0.2, 0.25) is 0 Å². The van der Waals surface area contributed by atoms with E-state index in [2.05, 4.69) is 0 Å². The van der Waals surface area contributed by atoms with Crippen LogP contribution in [0.4, 0.5) is 4.79 Å². The molecule has 0 saturated carbocycles. The van der Waals surface area contributed by atoms with Gasteiger partial charge in [-0.25, -0.2) is 4.79 Å². The van der Waals surface area contributed by atoms with E-state index < -0.39 is 18.3 Å². The molecule has 0 spiro atoms. The van der Waals surface area contributed by atoms with Crippen LogP contribution in [0.25, 0.3) is 0 Å². The first-order valence-electron chi connectivity index (χ1n) is 5.76. The molecule has 1 saturated heterocycles. The first kappa shape index (κ1) is 14.4. The molecule has 0 unspecified atom stereocenters. The second-order valence-electron chi connectivity index (χ2n) is 5.11. The number of aliphatic hydroxyl groups excluding tert-OH is 1. The van der Waals surface area contributed by atoms with Crippen LogP contribution in [-0.2, 0) is 4.74 Å². The van der Waals surface area contributed by atoms with Crippen molar-refractivity contribution in [3.63, 3.8) is 0 Å². The lowest BCUT2D eigenvalue weighted by Gasteiger charge is -2.36. The Labute approximate surface area is 106 Å². The standard InChI is InChI=1S/C11H20N4O3/c1-11(2,3)18-10(17)14-4-5-15(8(12)6-14)9(13)7-16/h12-13,16H,4-7H2,1-3H3. The van der Waals surface area contributed by atoms with Crippen LogP contribution in [0.15, 0.2) is 0 Å². The van der Waals surface area contributed by atoms with Crippen molar-refractivity contribution in [3.05, 3.63) is 0 Å². The Balaban J connectivity index is 2.58. The molecular weight excluding hydrogens is 236 g/mol. The average Bonchev–Trinajstić information content (AvgIpc) is 2.25. The van der Waals surface area contributed by atoms with Gasteiger partial charge in [-0.2, -0.15) is 0 Å². The summed E-state index contributed by atoms with van der Waals surface area (Å²) in [6.07, 6.45) is -0.456. The second kappa shape index (κ2) is 5.34. The van der Waals surface area contributed by atoms with Gasteiger partial charge in [0.1, 0.15) is 23.9 Å². The zero-order chi connectivity index (χ0) is 13.9. The quantitative estimate of drug-likeness (QED) is 0.469. The Morgan fingerprint density at radius 1 is 1.44 bits per heavy atom. The van der Waals surface area contributed by atoms with Crippen LogP contribution in [0.3, 0.4) is 0 Å². The van der Waals surface area contributed by atoms with Gasteiger partial charge in [0.15, 0.2) is 0 Å². The Morgan fingerprint density at radius 2 is 2.06 bits per heavy atom. The highest BCUT2D eigenvalue weighted by atomic mass is 16.6. The van der Waals surface area contributed by atoms with Gasteiger partial charge in [0.2, 0.25) is 0 Å². The molecule has 102 valence electrons. The van der Waals surface area contributed by atoms with Gasteiger partial charge in [0.05, 0.1) is 6.54 Å². The molecule has 1 fully saturated rings. The number of carbonyl (C=O) groups is 1. The number of amides is 1. The molecule has 0 aromatic heterocycles. The molecule has 0 radical (unpaired) electrons. The van der Waals surface area contributed by atoms with Crippen LogP contribution in [0, 0.1) is 10.8 Å². The molecule has 0 bridgehead atoms. The normalized spacial score (nSPS) is 16.8. The Bertz CT molecular complexity index is 362. The van der Waals surface area contributed by atoms with Crippen LogP contribution < -0.4 is 0 Å². The van der Waals surface area contributed by atoms with E-state index in [0.717, 1.165) is 0 Å². The molecule has 0 aromatic rings. The van der Waals surface area contributed by atoms with Gasteiger partial charge in [-0.1, -0.05) is 0 Å². The fraction of sp³-hybridized carbons (Fsp3) is 0.727. The summed E-state index contributed by atoms with van der Waals surface area (Å²) in [5.41, 5.74) is -0.561. The van der Waals surface area contributed by atoms with Crippen LogP contribution in [-0.4, -0.2) is 64.5 Å². The fourth-order valence-electron chi connectivity index (χ4n) is 1.57. The SMILES string of the molecule is CC(C)(C)OC(=O)N1CCN(C(=N)CO)C(=N)C1. The predicted molar refractivity (Wildman–Crippen MR) is 67.1 cm³/mol. The highest BCUT2D eigenvalue weighted by Crippen LogP contribution is 2.12. The third kappa shape index (κ3) is 3.69. The molecular formula is C11H20N4O3.